The maximum atomic E-state index is 12.5. The van der Waals surface area contributed by atoms with Gasteiger partial charge in [-0.2, -0.15) is 0 Å². The van der Waals surface area contributed by atoms with Crippen LogP contribution in [0.2, 0.25) is 0 Å². The first kappa shape index (κ1) is 17.3. The van der Waals surface area contributed by atoms with Gasteiger partial charge in [-0.25, -0.2) is 13.1 Å². The maximum Gasteiger partial charge on any atom is 0.272 e. The Labute approximate surface area is 142 Å². The van der Waals surface area contributed by atoms with Crippen molar-refractivity contribution in [2.45, 2.75) is 37.4 Å². The monoisotopic (exact) mass is 353 g/mol. The lowest BCUT2D eigenvalue weighted by Gasteiger charge is -2.38. The predicted molar refractivity (Wildman–Crippen MR) is 89.1 cm³/mol. The van der Waals surface area contributed by atoms with E-state index in [0.29, 0.717) is 18.8 Å². The molecule has 2 aliphatic rings. The van der Waals surface area contributed by atoms with Crippen molar-refractivity contribution in [1.82, 2.24) is 14.6 Å². The highest BCUT2D eigenvalue weighted by atomic mass is 32.2. The van der Waals surface area contributed by atoms with E-state index < -0.39 is 10.0 Å². The van der Waals surface area contributed by atoms with Crippen molar-refractivity contribution in [2.24, 2.45) is 0 Å². The fraction of sp³-hybridized carbons (Fsp3) is 0.625. The van der Waals surface area contributed by atoms with Crippen molar-refractivity contribution in [3.05, 3.63) is 30.1 Å². The van der Waals surface area contributed by atoms with Gasteiger partial charge >= 0.3 is 0 Å². The van der Waals surface area contributed by atoms with Crippen molar-refractivity contribution < 1.29 is 17.9 Å². The zero-order valence-electron chi connectivity index (χ0n) is 13.8. The summed E-state index contributed by atoms with van der Waals surface area (Å²) in [5.74, 6) is -0.0764. The summed E-state index contributed by atoms with van der Waals surface area (Å²) in [7, 11) is -3.22. The molecule has 1 aromatic heterocycles. The number of rotatable bonds is 4. The number of nitrogens with one attached hydrogen (secondary N) is 1. The number of sulfonamides is 1. The van der Waals surface area contributed by atoms with Gasteiger partial charge in [-0.1, -0.05) is 6.07 Å². The average molecular weight is 353 g/mol. The van der Waals surface area contributed by atoms with E-state index in [0.717, 1.165) is 31.9 Å². The molecule has 24 heavy (non-hydrogen) atoms. The summed E-state index contributed by atoms with van der Waals surface area (Å²) in [6.45, 7) is 1.47. The number of likely N-dealkylation sites (tertiary alicyclic amines) is 1. The van der Waals surface area contributed by atoms with Crippen molar-refractivity contribution in [3.8, 4) is 0 Å². The van der Waals surface area contributed by atoms with Crippen LogP contribution in [0.1, 0.15) is 36.2 Å². The molecule has 2 atom stereocenters. The Kier molecular flexibility index (Phi) is 4.89. The number of pyridine rings is 1. The van der Waals surface area contributed by atoms with Crippen LogP contribution in [0.25, 0.3) is 0 Å². The molecular formula is C16H23N3O4S. The lowest BCUT2D eigenvalue weighted by atomic mass is 9.90. The van der Waals surface area contributed by atoms with Crippen LogP contribution in [0.15, 0.2) is 24.4 Å². The first-order valence-corrected chi connectivity index (χ1v) is 10.1. The second-order valence-corrected chi connectivity index (χ2v) is 8.46. The van der Waals surface area contributed by atoms with Crippen molar-refractivity contribution in [1.29, 1.82) is 0 Å². The molecule has 2 aliphatic heterocycles. The van der Waals surface area contributed by atoms with E-state index in [4.69, 9.17) is 4.74 Å². The van der Waals surface area contributed by atoms with Gasteiger partial charge in [0.1, 0.15) is 5.69 Å². The van der Waals surface area contributed by atoms with Crippen LogP contribution in [-0.4, -0.2) is 61.8 Å². The Balaban J connectivity index is 1.62. The van der Waals surface area contributed by atoms with Crippen LogP contribution < -0.4 is 4.72 Å². The summed E-state index contributed by atoms with van der Waals surface area (Å²) in [5.41, 5.74) is 0.0904. The molecule has 0 bridgehead atoms. The molecule has 0 aromatic carbocycles. The highest BCUT2D eigenvalue weighted by molar-refractivity contribution is 7.88. The van der Waals surface area contributed by atoms with Crippen LogP contribution in [-0.2, 0) is 14.8 Å². The molecule has 132 valence electrons. The van der Waals surface area contributed by atoms with Crippen LogP contribution in [0.4, 0.5) is 0 Å². The Bertz CT molecular complexity index is 695. The molecule has 1 N–H and O–H groups in total. The molecule has 0 saturated carbocycles. The summed E-state index contributed by atoms with van der Waals surface area (Å²) < 4.78 is 31.2. The molecule has 2 saturated heterocycles. The van der Waals surface area contributed by atoms with E-state index in [2.05, 4.69) is 9.71 Å². The number of hydrogen-bond acceptors (Lipinski definition) is 5. The molecule has 3 rings (SSSR count). The summed E-state index contributed by atoms with van der Waals surface area (Å²) >= 11 is 0. The largest absolute Gasteiger partial charge is 0.368 e. The third-order valence-corrected chi connectivity index (χ3v) is 5.33. The second kappa shape index (κ2) is 6.78. The van der Waals surface area contributed by atoms with Gasteiger partial charge < -0.3 is 9.64 Å². The molecule has 0 radical (unpaired) electrons. The Morgan fingerprint density at radius 1 is 1.46 bits per heavy atom. The third-order valence-electron chi connectivity index (χ3n) is 4.64. The molecule has 3 heterocycles. The molecular weight excluding hydrogens is 330 g/mol. The molecule has 1 spiro atoms. The number of ether oxygens (including phenoxy) is 1. The standard InChI is InChI=1S/C16H23N3O4S/c1-24(21,22)18-11-13-5-4-7-16(23-13)8-10-19(12-16)15(20)14-6-2-3-9-17-14/h2-3,6,9,13,18H,4-5,7-8,10-12H2,1H3/t13-,16-/m0/s1. The SMILES string of the molecule is CS(=O)(=O)NC[C@@H]1CCC[C@@]2(CCN(C(=O)c3ccccn3)C2)O1. The lowest BCUT2D eigenvalue weighted by Crippen LogP contribution is -2.47. The number of aromatic nitrogens is 1. The van der Waals surface area contributed by atoms with E-state index in [1.807, 2.05) is 0 Å². The van der Waals surface area contributed by atoms with Gasteiger partial charge in [0.05, 0.1) is 24.5 Å². The molecule has 1 aromatic rings. The Morgan fingerprint density at radius 2 is 2.29 bits per heavy atom. The predicted octanol–water partition coefficient (Wildman–Crippen LogP) is 0.785. The molecule has 8 heteroatoms. The highest BCUT2D eigenvalue weighted by Gasteiger charge is 2.44. The van der Waals surface area contributed by atoms with Gasteiger partial charge in [0.25, 0.3) is 5.91 Å². The quantitative estimate of drug-likeness (QED) is 0.864. The zero-order chi connectivity index (χ0) is 17.2. The van der Waals surface area contributed by atoms with Gasteiger partial charge in [-0.05, 0) is 37.8 Å². The van der Waals surface area contributed by atoms with Gasteiger partial charge in [0.2, 0.25) is 10.0 Å². The van der Waals surface area contributed by atoms with E-state index in [-0.39, 0.29) is 24.2 Å². The fourth-order valence-corrected chi connectivity index (χ4v) is 3.97. The van der Waals surface area contributed by atoms with Crippen molar-refractivity contribution in [2.75, 3.05) is 25.9 Å². The number of nitrogens with zero attached hydrogens (tertiary/aromatic N) is 2. The summed E-state index contributed by atoms with van der Waals surface area (Å²) in [4.78, 5) is 18.4. The smallest absolute Gasteiger partial charge is 0.272 e. The summed E-state index contributed by atoms with van der Waals surface area (Å²) in [5, 5.41) is 0. The molecule has 7 nitrogen and oxygen atoms in total. The zero-order valence-corrected chi connectivity index (χ0v) is 14.6. The minimum Gasteiger partial charge on any atom is -0.368 e. The minimum atomic E-state index is -3.22. The van der Waals surface area contributed by atoms with Gasteiger partial charge in [-0.3, -0.25) is 9.78 Å². The van der Waals surface area contributed by atoms with Crippen LogP contribution in [0.3, 0.4) is 0 Å². The molecule has 1 amide bonds. The number of amides is 1. The van der Waals surface area contributed by atoms with Crippen LogP contribution in [0.5, 0.6) is 0 Å². The van der Waals surface area contributed by atoms with Gasteiger partial charge in [0.15, 0.2) is 0 Å². The van der Waals surface area contributed by atoms with E-state index in [1.165, 1.54) is 0 Å². The number of carbonyl (C=O) groups is 1. The topological polar surface area (TPSA) is 88.6 Å². The van der Waals surface area contributed by atoms with Crippen molar-refractivity contribution in [3.63, 3.8) is 0 Å². The summed E-state index contributed by atoms with van der Waals surface area (Å²) in [6, 6.07) is 5.30. The summed E-state index contributed by atoms with van der Waals surface area (Å²) in [6.07, 6.45) is 6.10. The number of carbonyl (C=O) groups excluding carboxylic acids is 1. The first-order valence-electron chi connectivity index (χ1n) is 8.20. The molecule has 2 fully saturated rings. The van der Waals surface area contributed by atoms with Crippen LogP contribution >= 0.6 is 0 Å². The van der Waals surface area contributed by atoms with E-state index in [9.17, 15) is 13.2 Å². The normalized spacial score (nSPS) is 27.5. The lowest BCUT2D eigenvalue weighted by molar-refractivity contribution is -0.116. The van der Waals surface area contributed by atoms with Gasteiger partial charge in [-0.15, -0.1) is 0 Å². The average Bonchev–Trinajstić information content (AvgIpc) is 2.96. The first-order chi connectivity index (χ1) is 11.4. The molecule has 0 aliphatic carbocycles. The van der Waals surface area contributed by atoms with E-state index >= 15 is 0 Å². The Hall–Kier alpha value is -1.51. The molecule has 0 unspecified atom stereocenters. The van der Waals surface area contributed by atoms with Crippen molar-refractivity contribution >= 4 is 15.9 Å². The highest BCUT2D eigenvalue weighted by Crippen LogP contribution is 2.36. The minimum absolute atomic E-state index is 0.0764. The number of hydrogen-bond donors (Lipinski definition) is 1. The second-order valence-electron chi connectivity index (χ2n) is 6.63. The van der Waals surface area contributed by atoms with Crippen LogP contribution in [0, 0.1) is 0 Å². The van der Waals surface area contributed by atoms with E-state index in [1.54, 1.807) is 29.3 Å². The Morgan fingerprint density at radius 3 is 3.00 bits per heavy atom. The maximum absolute atomic E-state index is 12.5. The third kappa shape index (κ3) is 4.12. The van der Waals surface area contributed by atoms with Gasteiger partial charge in [0, 0.05) is 19.3 Å². The fourth-order valence-electron chi connectivity index (χ4n) is 3.48.